The first kappa shape index (κ1) is 14.6. The Morgan fingerprint density at radius 1 is 1.30 bits per heavy atom. The van der Waals surface area contributed by atoms with Crippen molar-refractivity contribution >= 4 is 17.4 Å². The smallest absolute Gasteiger partial charge is 0.224 e. The van der Waals surface area contributed by atoms with E-state index in [1.807, 2.05) is 24.3 Å². The molecule has 1 aromatic carbocycles. The summed E-state index contributed by atoms with van der Waals surface area (Å²) in [7, 11) is 1.62. The monoisotopic (exact) mass is 293 g/mol. The number of benzene rings is 1. The van der Waals surface area contributed by atoms with E-state index in [1.54, 1.807) is 20.1 Å². The van der Waals surface area contributed by atoms with Gasteiger partial charge in [0.25, 0.3) is 0 Å². The van der Waals surface area contributed by atoms with Crippen LogP contribution in [0.15, 0.2) is 30.3 Å². The maximum absolute atomic E-state index is 9.27. The zero-order chi connectivity index (χ0) is 14.5. The topological polar surface area (TPSA) is 67.3 Å². The largest absolute Gasteiger partial charge is 0.497 e. The predicted molar refractivity (Wildman–Crippen MR) is 79.2 cm³/mol. The Hall–Kier alpha value is -1.85. The van der Waals surface area contributed by atoms with Gasteiger partial charge in [0.1, 0.15) is 11.6 Å². The van der Waals surface area contributed by atoms with Crippen molar-refractivity contribution in [1.82, 2.24) is 9.97 Å². The molecule has 0 aliphatic carbocycles. The van der Waals surface area contributed by atoms with E-state index in [9.17, 15) is 5.11 Å². The highest BCUT2D eigenvalue weighted by atomic mass is 35.5. The summed E-state index contributed by atoms with van der Waals surface area (Å²) in [5, 5.41) is 12.4. The Kier molecular flexibility index (Phi) is 4.76. The van der Waals surface area contributed by atoms with E-state index in [0.29, 0.717) is 18.1 Å². The molecule has 1 atom stereocenters. The quantitative estimate of drug-likeness (QED) is 0.830. The zero-order valence-electron chi connectivity index (χ0n) is 11.3. The minimum absolute atomic E-state index is 0.159. The predicted octanol–water partition coefficient (Wildman–Crippen LogP) is 2.60. The molecule has 0 amide bonds. The number of methoxy groups -OCH3 is 1. The van der Waals surface area contributed by atoms with E-state index in [4.69, 9.17) is 16.3 Å². The first-order chi connectivity index (χ1) is 9.58. The van der Waals surface area contributed by atoms with Gasteiger partial charge in [-0.3, -0.25) is 0 Å². The number of hydrogen-bond acceptors (Lipinski definition) is 5. The highest BCUT2D eigenvalue weighted by Crippen LogP contribution is 2.23. The van der Waals surface area contributed by atoms with Crippen LogP contribution in [0.2, 0.25) is 5.28 Å². The highest BCUT2D eigenvalue weighted by molar-refractivity contribution is 6.28. The van der Waals surface area contributed by atoms with Crippen LogP contribution in [-0.2, 0) is 0 Å². The third-order valence-corrected chi connectivity index (χ3v) is 2.83. The number of anilines is 1. The second-order valence-electron chi connectivity index (χ2n) is 4.37. The van der Waals surface area contributed by atoms with Gasteiger partial charge in [0, 0.05) is 18.2 Å². The van der Waals surface area contributed by atoms with Gasteiger partial charge in [-0.05, 0) is 42.8 Å². The molecule has 6 heteroatoms. The van der Waals surface area contributed by atoms with E-state index in [2.05, 4.69) is 15.3 Å². The van der Waals surface area contributed by atoms with Crippen LogP contribution in [0.5, 0.6) is 5.75 Å². The second-order valence-corrected chi connectivity index (χ2v) is 4.70. The highest BCUT2D eigenvalue weighted by Gasteiger charge is 2.06. The van der Waals surface area contributed by atoms with E-state index in [1.165, 1.54) is 0 Å². The number of nitrogens with zero attached hydrogens (tertiary/aromatic N) is 2. The maximum atomic E-state index is 9.27. The van der Waals surface area contributed by atoms with Gasteiger partial charge >= 0.3 is 0 Å². The summed E-state index contributed by atoms with van der Waals surface area (Å²) >= 11 is 5.92. The zero-order valence-corrected chi connectivity index (χ0v) is 12.1. The van der Waals surface area contributed by atoms with Crippen LogP contribution in [0.1, 0.15) is 6.92 Å². The van der Waals surface area contributed by atoms with Crippen molar-refractivity contribution in [3.05, 3.63) is 35.6 Å². The van der Waals surface area contributed by atoms with E-state index >= 15 is 0 Å². The minimum Gasteiger partial charge on any atom is -0.497 e. The van der Waals surface area contributed by atoms with Crippen molar-refractivity contribution in [2.45, 2.75) is 13.0 Å². The molecule has 0 fully saturated rings. The number of hydrogen-bond donors (Lipinski definition) is 2. The first-order valence-electron chi connectivity index (χ1n) is 6.19. The third-order valence-electron chi connectivity index (χ3n) is 2.66. The number of nitrogens with one attached hydrogen (secondary N) is 1. The first-order valence-corrected chi connectivity index (χ1v) is 6.57. The number of aliphatic hydroxyl groups excluding tert-OH is 1. The van der Waals surface area contributed by atoms with Crippen LogP contribution >= 0.6 is 11.6 Å². The average Bonchev–Trinajstić information content (AvgIpc) is 2.44. The van der Waals surface area contributed by atoms with Gasteiger partial charge in [-0.15, -0.1) is 0 Å². The number of halogens is 1. The van der Waals surface area contributed by atoms with Gasteiger partial charge in [-0.2, -0.15) is 0 Å². The molecule has 106 valence electrons. The van der Waals surface area contributed by atoms with E-state index in [0.717, 1.165) is 11.3 Å². The third kappa shape index (κ3) is 3.82. The molecule has 1 unspecified atom stereocenters. The van der Waals surface area contributed by atoms with Gasteiger partial charge in [0.2, 0.25) is 5.28 Å². The fraction of sp³-hybridized carbons (Fsp3) is 0.286. The fourth-order valence-electron chi connectivity index (χ4n) is 1.67. The Balaban J connectivity index is 2.26. The van der Waals surface area contributed by atoms with Gasteiger partial charge in [-0.1, -0.05) is 0 Å². The lowest BCUT2D eigenvalue weighted by atomic mass is 10.1. The number of aromatic nitrogens is 2. The Bertz CT molecular complexity index is 573. The summed E-state index contributed by atoms with van der Waals surface area (Å²) in [6.07, 6.45) is -0.465. The molecule has 2 aromatic rings. The van der Waals surface area contributed by atoms with Crippen LogP contribution in [0, 0.1) is 0 Å². The normalized spacial score (nSPS) is 12.0. The van der Waals surface area contributed by atoms with Crippen molar-refractivity contribution in [3.8, 4) is 17.0 Å². The molecule has 1 heterocycles. The van der Waals surface area contributed by atoms with E-state index < -0.39 is 6.10 Å². The molecule has 0 aliphatic rings. The minimum atomic E-state index is -0.465. The molecule has 20 heavy (non-hydrogen) atoms. The standard InChI is InChI=1S/C14H16ClN3O2/c1-9(19)8-16-13-7-12(17-14(15)18-13)10-3-5-11(20-2)6-4-10/h3-7,9,19H,8H2,1-2H3,(H,16,17,18). The van der Waals surface area contributed by atoms with Crippen molar-refractivity contribution < 1.29 is 9.84 Å². The van der Waals surface area contributed by atoms with Gasteiger partial charge in [0.15, 0.2) is 0 Å². The van der Waals surface area contributed by atoms with Crippen LogP contribution < -0.4 is 10.1 Å². The summed E-state index contributed by atoms with van der Waals surface area (Å²) < 4.78 is 5.12. The molecule has 0 saturated carbocycles. The van der Waals surface area contributed by atoms with Crippen LogP contribution in [0.25, 0.3) is 11.3 Å². The Morgan fingerprint density at radius 3 is 2.60 bits per heavy atom. The summed E-state index contributed by atoms with van der Waals surface area (Å²) in [5.74, 6) is 1.36. The van der Waals surface area contributed by atoms with Crippen LogP contribution in [-0.4, -0.2) is 34.8 Å². The summed E-state index contributed by atoms with van der Waals surface area (Å²) in [6, 6.07) is 9.30. The SMILES string of the molecule is COc1ccc(-c2cc(NCC(C)O)nc(Cl)n2)cc1. The lowest BCUT2D eigenvalue weighted by Gasteiger charge is -2.09. The summed E-state index contributed by atoms with van der Waals surface area (Å²) in [5.41, 5.74) is 1.62. The Morgan fingerprint density at radius 2 is 2.00 bits per heavy atom. The molecule has 2 N–H and O–H groups in total. The van der Waals surface area contributed by atoms with Gasteiger partial charge in [-0.25, -0.2) is 9.97 Å². The molecular weight excluding hydrogens is 278 g/mol. The molecule has 0 bridgehead atoms. The van der Waals surface area contributed by atoms with Crippen LogP contribution in [0.3, 0.4) is 0 Å². The van der Waals surface area contributed by atoms with Crippen LogP contribution in [0.4, 0.5) is 5.82 Å². The maximum Gasteiger partial charge on any atom is 0.224 e. The molecule has 2 rings (SSSR count). The Labute approximate surface area is 122 Å². The van der Waals surface area contributed by atoms with Gasteiger partial charge in [0.05, 0.1) is 18.9 Å². The summed E-state index contributed by atoms with van der Waals surface area (Å²) in [4.78, 5) is 8.27. The second kappa shape index (κ2) is 6.54. The lowest BCUT2D eigenvalue weighted by molar-refractivity contribution is 0.208. The number of ether oxygens (including phenoxy) is 1. The van der Waals surface area contributed by atoms with E-state index in [-0.39, 0.29) is 5.28 Å². The molecule has 5 nitrogen and oxygen atoms in total. The fourth-order valence-corrected chi connectivity index (χ4v) is 1.85. The molecule has 0 radical (unpaired) electrons. The number of aliphatic hydroxyl groups is 1. The summed E-state index contributed by atoms with van der Waals surface area (Å²) in [6.45, 7) is 2.09. The van der Waals surface area contributed by atoms with Crippen molar-refractivity contribution in [1.29, 1.82) is 0 Å². The van der Waals surface area contributed by atoms with Crippen molar-refractivity contribution in [3.63, 3.8) is 0 Å². The molecule has 1 aromatic heterocycles. The average molecular weight is 294 g/mol. The number of rotatable bonds is 5. The molecule has 0 saturated heterocycles. The molecular formula is C14H16ClN3O2. The van der Waals surface area contributed by atoms with Crippen molar-refractivity contribution in [2.75, 3.05) is 19.0 Å². The lowest BCUT2D eigenvalue weighted by Crippen LogP contribution is -2.16. The molecule has 0 spiro atoms. The molecule has 0 aliphatic heterocycles. The van der Waals surface area contributed by atoms with Crippen molar-refractivity contribution in [2.24, 2.45) is 0 Å². The van der Waals surface area contributed by atoms with Gasteiger partial charge < -0.3 is 15.2 Å².